The van der Waals surface area contributed by atoms with E-state index in [1.807, 2.05) is 30.3 Å². The summed E-state index contributed by atoms with van der Waals surface area (Å²) >= 11 is 0. The Kier molecular flexibility index (Phi) is 1.69. The lowest BCUT2D eigenvalue weighted by molar-refractivity contribution is -0.142. The fourth-order valence-electron chi connectivity index (χ4n) is 2.17. The molecule has 1 saturated carbocycles. The van der Waals surface area contributed by atoms with E-state index in [4.69, 9.17) is 0 Å². The van der Waals surface area contributed by atoms with E-state index in [1.165, 1.54) is 4.90 Å². The van der Waals surface area contributed by atoms with Crippen molar-refractivity contribution >= 4 is 11.8 Å². The van der Waals surface area contributed by atoms with Gasteiger partial charge >= 0.3 is 0 Å². The smallest absolute Gasteiger partial charge is 0.233 e. The Morgan fingerprint density at radius 2 is 1.67 bits per heavy atom. The molecule has 3 heteroatoms. The number of benzene rings is 1. The molecule has 0 spiro atoms. The van der Waals surface area contributed by atoms with Crippen molar-refractivity contribution in [1.29, 1.82) is 0 Å². The average Bonchev–Trinajstić information content (AvgIpc) is 3.01. The molecule has 2 aliphatic rings. The van der Waals surface area contributed by atoms with Gasteiger partial charge in [0.25, 0.3) is 0 Å². The van der Waals surface area contributed by atoms with Gasteiger partial charge in [0.1, 0.15) is 0 Å². The van der Waals surface area contributed by atoms with E-state index in [0.29, 0.717) is 6.54 Å². The lowest BCUT2D eigenvalue weighted by Gasteiger charge is -2.15. The van der Waals surface area contributed by atoms with Crippen LogP contribution in [-0.4, -0.2) is 16.7 Å². The molecule has 3 nitrogen and oxygen atoms in total. The number of imide groups is 1. The molecule has 76 valence electrons. The first-order chi connectivity index (χ1) is 7.27. The van der Waals surface area contributed by atoms with Crippen LogP contribution in [0.2, 0.25) is 0 Å². The highest BCUT2D eigenvalue weighted by molar-refractivity contribution is 6.08. The molecule has 0 bridgehead atoms. The van der Waals surface area contributed by atoms with E-state index < -0.39 is 0 Å². The standard InChI is InChI=1S/C12H11NO2/c14-11-9-6-10(9)12(15)13(11)7-8-4-2-1-3-5-8/h1-5,9-10H,6-7H2/t9-,10+. The Labute approximate surface area is 87.7 Å². The van der Waals surface area contributed by atoms with Gasteiger partial charge in [0.15, 0.2) is 0 Å². The van der Waals surface area contributed by atoms with Crippen molar-refractivity contribution < 1.29 is 9.59 Å². The van der Waals surface area contributed by atoms with Crippen molar-refractivity contribution in [2.45, 2.75) is 13.0 Å². The molecular formula is C12H11NO2. The highest BCUT2D eigenvalue weighted by atomic mass is 16.2. The predicted octanol–water partition coefficient (Wildman–Crippen LogP) is 1.19. The molecule has 1 aromatic rings. The summed E-state index contributed by atoms with van der Waals surface area (Å²) in [6, 6.07) is 9.63. The van der Waals surface area contributed by atoms with Crippen molar-refractivity contribution in [3.05, 3.63) is 35.9 Å². The molecule has 2 amide bonds. The summed E-state index contributed by atoms with van der Waals surface area (Å²) in [5.41, 5.74) is 1.01. The minimum absolute atomic E-state index is 0.0150. The maximum Gasteiger partial charge on any atom is 0.233 e. The molecule has 3 rings (SSSR count). The Morgan fingerprint density at radius 1 is 1.07 bits per heavy atom. The average molecular weight is 201 g/mol. The Bertz CT molecular complexity index is 407. The first-order valence-corrected chi connectivity index (χ1v) is 5.16. The Hall–Kier alpha value is -1.64. The first kappa shape index (κ1) is 8.65. The summed E-state index contributed by atoms with van der Waals surface area (Å²) in [6.07, 6.45) is 0.781. The Morgan fingerprint density at radius 3 is 2.27 bits per heavy atom. The zero-order valence-electron chi connectivity index (χ0n) is 8.22. The number of rotatable bonds is 2. The number of hydrogen-bond donors (Lipinski definition) is 0. The van der Waals surface area contributed by atoms with Crippen LogP contribution in [0.15, 0.2) is 30.3 Å². The zero-order valence-corrected chi connectivity index (χ0v) is 8.22. The van der Waals surface area contributed by atoms with Gasteiger partial charge in [-0.15, -0.1) is 0 Å². The summed E-state index contributed by atoms with van der Waals surface area (Å²) < 4.78 is 0. The molecule has 0 N–H and O–H groups in total. The molecular weight excluding hydrogens is 190 g/mol. The molecule has 1 saturated heterocycles. The van der Waals surface area contributed by atoms with Crippen molar-refractivity contribution in [3.63, 3.8) is 0 Å². The fraction of sp³-hybridized carbons (Fsp3) is 0.333. The number of amides is 2. The van der Waals surface area contributed by atoms with Crippen LogP contribution >= 0.6 is 0 Å². The van der Waals surface area contributed by atoms with Crippen LogP contribution in [0.3, 0.4) is 0 Å². The maximum atomic E-state index is 11.7. The van der Waals surface area contributed by atoms with Gasteiger partial charge in [-0.1, -0.05) is 30.3 Å². The van der Waals surface area contributed by atoms with Crippen LogP contribution in [0.5, 0.6) is 0 Å². The fourth-order valence-corrected chi connectivity index (χ4v) is 2.17. The summed E-state index contributed by atoms with van der Waals surface area (Å²) in [7, 11) is 0. The van der Waals surface area contributed by atoms with Crippen molar-refractivity contribution in [2.24, 2.45) is 11.8 Å². The molecule has 2 fully saturated rings. The normalized spacial score (nSPS) is 28.1. The van der Waals surface area contributed by atoms with Crippen molar-refractivity contribution in [2.75, 3.05) is 0 Å². The van der Waals surface area contributed by atoms with E-state index in [-0.39, 0.29) is 23.7 Å². The zero-order chi connectivity index (χ0) is 10.4. The topological polar surface area (TPSA) is 37.4 Å². The second kappa shape index (κ2) is 2.92. The van der Waals surface area contributed by atoms with Gasteiger partial charge in [-0.3, -0.25) is 14.5 Å². The third-order valence-electron chi connectivity index (χ3n) is 3.14. The molecule has 2 atom stereocenters. The maximum absolute atomic E-state index is 11.7. The third kappa shape index (κ3) is 1.27. The van der Waals surface area contributed by atoms with E-state index in [2.05, 4.69) is 0 Å². The van der Waals surface area contributed by atoms with Crippen molar-refractivity contribution in [3.8, 4) is 0 Å². The lowest BCUT2D eigenvalue weighted by Crippen LogP contribution is -2.32. The summed E-state index contributed by atoms with van der Waals surface area (Å²) in [6.45, 7) is 0.436. The van der Waals surface area contributed by atoms with Crippen LogP contribution in [0, 0.1) is 11.8 Å². The van der Waals surface area contributed by atoms with Crippen LogP contribution in [-0.2, 0) is 16.1 Å². The number of fused-ring (bicyclic) bond motifs is 1. The molecule has 15 heavy (non-hydrogen) atoms. The minimum atomic E-state index is 0.0150. The molecule has 0 aromatic heterocycles. The number of nitrogens with zero attached hydrogens (tertiary/aromatic N) is 1. The number of piperidine rings is 1. The van der Waals surface area contributed by atoms with Gasteiger partial charge < -0.3 is 0 Å². The highest BCUT2D eigenvalue weighted by Gasteiger charge is 2.58. The number of likely N-dealkylation sites (tertiary alicyclic amines) is 1. The van der Waals surface area contributed by atoms with E-state index in [9.17, 15) is 9.59 Å². The summed E-state index contributed by atoms with van der Waals surface area (Å²) in [5, 5.41) is 0. The van der Waals surface area contributed by atoms with E-state index in [0.717, 1.165) is 12.0 Å². The van der Waals surface area contributed by atoms with Gasteiger partial charge in [0.05, 0.1) is 18.4 Å². The van der Waals surface area contributed by atoms with E-state index in [1.54, 1.807) is 0 Å². The molecule has 1 aliphatic carbocycles. The van der Waals surface area contributed by atoms with Gasteiger partial charge in [-0.25, -0.2) is 0 Å². The lowest BCUT2D eigenvalue weighted by atomic mass is 10.2. The molecule has 0 unspecified atom stereocenters. The molecule has 0 radical (unpaired) electrons. The largest absolute Gasteiger partial charge is 0.278 e. The van der Waals surface area contributed by atoms with Gasteiger partial charge in [-0.2, -0.15) is 0 Å². The summed E-state index contributed by atoms with van der Waals surface area (Å²) in [5.74, 6) is 0.0742. The second-order valence-corrected chi connectivity index (χ2v) is 4.20. The van der Waals surface area contributed by atoms with Crippen LogP contribution < -0.4 is 0 Å². The monoisotopic (exact) mass is 201 g/mol. The quantitative estimate of drug-likeness (QED) is 0.674. The third-order valence-corrected chi connectivity index (χ3v) is 3.14. The van der Waals surface area contributed by atoms with Crippen LogP contribution in [0.1, 0.15) is 12.0 Å². The van der Waals surface area contributed by atoms with Gasteiger partial charge in [0.2, 0.25) is 11.8 Å². The second-order valence-electron chi connectivity index (χ2n) is 4.20. The summed E-state index contributed by atoms with van der Waals surface area (Å²) in [4.78, 5) is 24.7. The van der Waals surface area contributed by atoms with Crippen molar-refractivity contribution in [1.82, 2.24) is 4.90 Å². The molecule has 1 aliphatic heterocycles. The van der Waals surface area contributed by atoms with Crippen LogP contribution in [0.4, 0.5) is 0 Å². The predicted molar refractivity (Wildman–Crippen MR) is 53.6 cm³/mol. The Balaban J connectivity index is 1.79. The number of carbonyl (C=O) groups is 2. The first-order valence-electron chi connectivity index (χ1n) is 5.16. The SMILES string of the molecule is O=C1[C@H]2C[C@H]2C(=O)N1Cc1ccccc1. The number of hydrogen-bond acceptors (Lipinski definition) is 2. The molecule has 1 heterocycles. The number of carbonyl (C=O) groups excluding carboxylic acids is 2. The van der Waals surface area contributed by atoms with Crippen LogP contribution in [0.25, 0.3) is 0 Å². The van der Waals surface area contributed by atoms with E-state index >= 15 is 0 Å². The minimum Gasteiger partial charge on any atom is -0.278 e. The van der Waals surface area contributed by atoms with Gasteiger partial charge in [0, 0.05) is 0 Å². The molecule has 1 aromatic carbocycles. The highest BCUT2D eigenvalue weighted by Crippen LogP contribution is 2.47. The van der Waals surface area contributed by atoms with Gasteiger partial charge in [-0.05, 0) is 12.0 Å².